The van der Waals surface area contributed by atoms with Gasteiger partial charge in [-0.15, -0.1) is 0 Å². The minimum atomic E-state index is -0.967. The van der Waals surface area contributed by atoms with Crippen LogP contribution in [-0.4, -0.2) is 38.8 Å². The smallest absolute Gasteiger partial charge is 0.305 e. The van der Waals surface area contributed by atoms with E-state index in [4.69, 9.17) is 5.11 Å². The zero-order chi connectivity index (χ0) is 26.2. The summed E-state index contributed by atoms with van der Waals surface area (Å²) in [6, 6.07) is 10.2. The predicted molar refractivity (Wildman–Crippen MR) is 140 cm³/mol. The third kappa shape index (κ3) is 6.15. The Morgan fingerprint density at radius 1 is 1.00 bits per heavy atom. The lowest BCUT2D eigenvalue weighted by molar-refractivity contribution is -0.136. The van der Waals surface area contributed by atoms with Gasteiger partial charge in [-0.2, -0.15) is 0 Å². The summed E-state index contributed by atoms with van der Waals surface area (Å²) in [5.41, 5.74) is 3.47. The lowest BCUT2D eigenvalue weighted by Gasteiger charge is -2.34. The van der Waals surface area contributed by atoms with Gasteiger partial charge in [0.15, 0.2) is 0 Å². The molecule has 35 heavy (non-hydrogen) atoms. The number of nitrogens with zero attached hydrogens (tertiary/aromatic N) is 1. The van der Waals surface area contributed by atoms with Crippen LogP contribution in [0, 0.1) is 18.8 Å². The number of aromatic nitrogens is 1. The van der Waals surface area contributed by atoms with Crippen LogP contribution in [0.2, 0.25) is 0 Å². The van der Waals surface area contributed by atoms with E-state index in [2.05, 4.69) is 43.1 Å². The molecule has 1 heterocycles. The summed E-state index contributed by atoms with van der Waals surface area (Å²) in [7, 11) is 0. The Hall–Kier alpha value is -3.04. The summed E-state index contributed by atoms with van der Waals surface area (Å²) in [5.74, 6) is 5.03. The highest BCUT2D eigenvalue weighted by atomic mass is 16.4. The molecule has 3 N–H and O–H groups in total. The van der Waals surface area contributed by atoms with Crippen LogP contribution in [0.25, 0.3) is 0 Å². The highest BCUT2D eigenvalue weighted by molar-refractivity contribution is 5.93. The molecule has 1 amide bonds. The van der Waals surface area contributed by atoms with Crippen molar-refractivity contribution in [3.63, 3.8) is 0 Å². The number of amides is 1. The van der Waals surface area contributed by atoms with E-state index >= 15 is 0 Å². The highest BCUT2D eigenvalue weighted by Crippen LogP contribution is 2.40. The largest absolute Gasteiger partial charge is 0.481 e. The standard InChI is InChI=1S/C29H40N2O4/c1-7-28(35,8-2)18-16-22-12-13-23(20-21(22)6)29(9-3,10-4)25-15-14-24(31(25)11-5)27(34)30-19-17-26(32)33/h12-15,20,35H,7-11,17,19H2,1-6H3,(H,30,34)(H,32,33). The summed E-state index contributed by atoms with van der Waals surface area (Å²) in [4.78, 5) is 23.6. The first-order valence-electron chi connectivity index (χ1n) is 12.7. The van der Waals surface area contributed by atoms with Crippen molar-refractivity contribution in [1.29, 1.82) is 0 Å². The molecule has 0 saturated carbocycles. The first-order valence-corrected chi connectivity index (χ1v) is 12.7. The van der Waals surface area contributed by atoms with Crippen molar-refractivity contribution in [2.75, 3.05) is 6.54 Å². The van der Waals surface area contributed by atoms with Crippen molar-refractivity contribution in [3.05, 3.63) is 58.4 Å². The number of carboxylic acids is 1. The number of nitrogens with one attached hydrogen (secondary N) is 1. The lowest BCUT2D eigenvalue weighted by atomic mass is 9.72. The second-order valence-corrected chi connectivity index (χ2v) is 9.06. The van der Waals surface area contributed by atoms with Crippen molar-refractivity contribution in [2.24, 2.45) is 0 Å². The number of carbonyl (C=O) groups excluding carboxylic acids is 1. The summed E-state index contributed by atoms with van der Waals surface area (Å²) >= 11 is 0. The van der Waals surface area contributed by atoms with E-state index in [1.165, 1.54) is 0 Å². The molecule has 0 bridgehead atoms. The quantitative estimate of drug-likeness (QED) is 0.394. The molecule has 0 spiro atoms. The lowest BCUT2D eigenvalue weighted by Crippen LogP contribution is -2.32. The van der Waals surface area contributed by atoms with Crippen LogP contribution in [0.5, 0.6) is 0 Å². The number of aryl methyl sites for hydroxylation is 1. The van der Waals surface area contributed by atoms with E-state index in [9.17, 15) is 14.7 Å². The Morgan fingerprint density at radius 3 is 2.17 bits per heavy atom. The zero-order valence-corrected chi connectivity index (χ0v) is 22.0. The van der Waals surface area contributed by atoms with Gasteiger partial charge in [0, 0.05) is 29.8 Å². The van der Waals surface area contributed by atoms with Crippen LogP contribution in [0.1, 0.15) is 99.6 Å². The third-order valence-electron chi connectivity index (χ3n) is 7.23. The van der Waals surface area contributed by atoms with E-state index in [1.54, 1.807) is 0 Å². The van der Waals surface area contributed by atoms with Crippen LogP contribution in [0.4, 0.5) is 0 Å². The highest BCUT2D eigenvalue weighted by Gasteiger charge is 2.35. The molecule has 1 aromatic carbocycles. The molecule has 0 unspecified atom stereocenters. The molecule has 0 fully saturated rings. The molecule has 190 valence electrons. The Bertz CT molecular complexity index is 1100. The monoisotopic (exact) mass is 480 g/mol. The number of benzene rings is 1. The Morgan fingerprint density at radius 2 is 1.66 bits per heavy atom. The molecule has 0 aliphatic rings. The van der Waals surface area contributed by atoms with Gasteiger partial charge >= 0.3 is 5.97 Å². The van der Waals surface area contributed by atoms with Crippen LogP contribution in [0.15, 0.2) is 30.3 Å². The topological polar surface area (TPSA) is 91.6 Å². The van der Waals surface area contributed by atoms with Crippen LogP contribution < -0.4 is 5.32 Å². The van der Waals surface area contributed by atoms with Crippen molar-refractivity contribution >= 4 is 11.9 Å². The molecule has 2 rings (SSSR count). The van der Waals surface area contributed by atoms with Gasteiger partial charge in [-0.3, -0.25) is 9.59 Å². The van der Waals surface area contributed by atoms with Gasteiger partial charge in [-0.25, -0.2) is 0 Å². The predicted octanol–water partition coefficient (Wildman–Crippen LogP) is 5.03. The molecule has 0 saturated heterocycles. The van der Waals surface area contributed by atoms with Crippen molar-refractivity contribution in [3.8, 4) is 11.8 Å². The minimum absolute atomic E-state index is 0.0952. The maximum absolute atomic E-state index is 12.8. The molecule has 0 atom stereocenters. The van der Waals surface area contributed by atoms with Gasteiger partial charge in [-0.1, -0.05) is 51.7 Å². The Balaban J connectivity index is 2.49. The van der Waals surface area contributed by atoms with E-state index in [0.29, 0.717) is 25.1 Å². The molecule has 2 aromatic rings. The number of rotatable bonds is 11. The Labute approximate surface area is 209 Å². The Kier molecular flexibility index (Phi) is 9.73. The summed E-state index contributed by atoms with van der Waals surface area (Å²) in [6.45, 7) is 13.0. The molecule has 6 nitrogen and oxygen atoms in total. The van der Waals surface area contributed by atoms with Gasteiger partial charge in [0.25, 0.3) is 5.91 Å². The molecule has 0 aliphatic heterocycles. The van der Waals surface area contributed by atoms with Crippen molar-refractivity contribution in [2.45, 2.75) is 91.2 Å². The van der Waals surface area contributed by atoms with Crippen molar-refractivity contribution in [1.82, 2.24) is 9.88 Å². The number of hydrogen-bond donors (Lipinski definition) is 3. The average Bonchev–Trinajstić information content (AvgIpc) is 3.29. The summed E-state index contributed by atoms with van der Waals surface area (Å²) < 4.78 is 2.04. The number of carbonyl (C=O) groups is 2. The fourth-order valence-electron chi connectivity index (χ4n) is 4.68. The third-order valence-corrected chi connectivity index (χ3v) is 7.23. The van der Waals surface area contributed by atoms with Gasteiger partial charge in [0.05, 0.1) is 6.42 Å². The van der Waals surface area contributed by atoms with Gasteiger partial charge in [-0.05, 0) is 68.9 Å². The van der Waals surface area contributed by atoms with Crippen LogP contribution in [0.3, 0.4) is 0 Å². The SMILES string of the molecule is CCn1c(C(=O)NCCC(=O)O)ccc1C(CC)(CC)c1ccc(C#CC(O)(CC)CC)c(C)c1. The summed E-state index contributed by atoms with van der Waals surface area (Å²) in [5, 5.41) is 22.1. The number of hydrogen-bond acceptors (Lipinski definition) is 3. The molecule has 0 radical (unpaired) electrons. The maximum Gasteiger partial charge on any atom is 0.305 e. The van der Waals surface area contributed by atoms with Crippen LogP contribution in [-0.2, 0) is 16.8 Å². The van der Waals surface area contributed by atoms with Gasteiger partial charge < -0.3 is 20.1 Å². The van der Waals surface area contributed by atoms with Crippen molar-refractivity contribution < 1.29 is 19.8 Å². The second-order valence-electron chi connectivity index (χ2n) is 9.06. The maximum atomic E-state index is 12.8. The fourth-order valence-corrected chi connectivity index (χ4v) is 4.68. The zero-order valence-electron chi connectivity index (χ0n) is 22.0. The van der Waals surface area contributed by atoms with Crippen LogP contribution >= 0.6 is 0 Å². The van der Waals surface area contributed by atoms with E-state index in [1.807, 2.05) is 50.5 Å². The molecular weight excluding hydrogens is 440 g/mol. The molecular formula is C29H40N2O4. The first-order chi connectivity index (χ1) is 16.6. The molecule has 6 heteroatoms. The number of aliphatic hydroxyl groups is 1. The number of aliphatic carboxylic acids is 1. The van der Waals surface area contributed by atoms with Gasteiger partial charge in [0.2, 0.25) is 0 Å². The summed E-state index contributed by atoms with van der Waals surface area (Å²) in [6.07, 6.45) is 2.76. The molecule has 1 aromatic heterocycles. The molecule has 0 aliphatic carbocycles. The normalized spacial score (nSPS) is 11.6. The van der Waals surface area contributed by atoms with Gasteiger partial charge in [0.1, 0.15) is 11.3 Å². The van der Waals surface area contributed by atoms with E-state index in [0.717, 1.165) is 35.2 Å². The fraction of sp³-hybridized carbons (Fsp3) is 0.517. The van der Waals surface area contributed by atoms with E-state index < -0.39 is 11.6 Å². The average molecular weight is 481 g/mol. The number of carboxylic acid groups (broad SMARTS) is 1. The van der Waals surface area contributed by atoms with E-state index in [-0.39, 0.29) is 24.3 Å². The second kappa shape index (κ2) is 12.1. The first kappa shape index (κ1) is 28.2. The minimum Gasteiger partial charge on any atom is -0.481 e.